The third-order valence-electron chi connectivity index (χ3n) is 5.88. The molecule has 0 spiro atoms. The Bertz CT molecular complexity index is 1740. The summed E-state index contributed by atoms with van der Waals surface area (Å²) in [6.07, 6.45) is -0.781. The minimum atomic E-state index is -4.95. The molecule has 0 radical (unpaired) electrons. The maximum atomic E-state index is 13.1. The van der Waals surface area contributed by atoms with E-state index in [0.717, 1.165) is 9.25 Å². The van der Waals surface area contributed by atoms with Gasteiger partial charge in [-0.15, -0.1) is 10.2 Å². The molecule has 0 aliphatic heterocycles. The van der Waals surface area contributed by atoms with Crippen molar-refractivity contribution in [3.63, 3.8) is 0 Å². The van der Waals surface area contributed by atoms with Gasteiger partial charge >= 0.3 is 11.9 Å². The number of aliphatic hydroxyl groups excluding tert-OH is 1. The lowest BCUT2D eigenvalue weighted by atomic mass is 10.1. The van der Waals surface area contributed by atoms with Crippen LogP contribution >= 0.6 is 11.6 Å². The Morgan fingerprint density at radius 3 is 2.51 bits per heavy atom. The van der Waals surface area contributed by atoms with Gasteiger partial charge < -0.3 is 5.11 Å². The molecule has 5 aromatic rings. The second-order valence-electron chi connectivity index (χ2n) is 8.70. The van der Waals surface area contributed by atoms with Crippen LogP contribution in [0.2, 0.25) is 5.02 Å². The van der Waals surface area contributed by atoms with Crippen molar-refractivity contribution >= 4 is 17.4 Å². The van der Waals surface area contributed by atoms with Gasteiger partial charge in [0.15, 0.2) is 23.5 Å². The molecule has 12 nitrogen and oxygen atoms in total. The van der Waals surface area contributed by atoms with E-state index < -0.39 is 24.5 Å². The zero-order valence-corrected chi connectivity index (χ0v) is 21.6. The van der Waals surface area contributed by atoms with E-state index in [1.807, 2.05) is 0 Å². The van der Waals surface area contributed by atoms with Crippen molar-refractivity contribution in [2.75, 3.05) is 0 Å². The van der Waals surface area contributed by atoms with Gasteiger partial charge in [-0.3, -0.25) is 19.3 Å². The molecule has 0 amide bonds. The number of pyridine rings is 1. The summed E-state index contributed by atoms with van der Waals surface area (Å²) < 4.78 is 42.3. The Kier molecular flexibility index (Phi) is 7.72. The largest absolute Gasteiger partial charge is 0.416 e. The molecule has 0 bridgehead atoms. The molecular formula is C25H19ClF3N9O3. The predicted molar refractivity (Wildman–Crippen MR) is 137 cm³/mol. The number of Topliss-reactive ketones (excluding diaryl/α,β-unsaturated/α-hetero) is 1. The number of hydrogen-bond donors (Lipinski definition) is 1. The SMILES string of the molecule is O=C(Cc1ncccc1-n1cnc(Cn2nc(-c3ccc(Cl)cc3)n(C[C@H](O)C(F)(F)F)c2=O)n1)c1cnccn1. The number of alkyl halides is 3. The molecule has 0 saturated carbocycles. The summed E-state index contributed by atoms with van der Waals surface area (Å²) in [5.41, 5.74) is 0.395. The molecule has 0 saturated heterocycles. The number of carbonyl (C=O) groups is 1. The summed E-state index contributed by atoms with van der Waals surface area (Å²) in [5, 5.41) is 18.6. The number of rotatable bonds is 9. The Balaban J connectivity index is 1.44. The van der Waals surface area contributed by atoms with Crippen molar-refractivity contribution in [2.45, 2.75) is 31.8 Å². The normalized spacial score (nSPS) is 12.4. The summed E-state index contributed by atoms with van der Waals surface area (Å²) in [7, 11) is 0. The van der Waals surface area contributed by atoms with Crippen LogP contribution in [-0.2, 0) is 19.5 Å². The Labute approximate surface area is 233 Å². The average molecular weight is 586 g/mol. The maximum absolute atomic E-state index is 13.1. The van der Waals surface area contributed by atoms with Crippen LogP contribution in [0.3, 0.4) is 0 Å². The van der Waals surface area contributed by atoms with Gasteiger partial charge in [-0.25, -0.2) is 24.1 Å². The van der Waals surface area contributed by atoms with Crippen molar-refractivity contribution < 1.29 is 23.1 Å². The quantitative estimate of drug-likeness (QED) is 0.258. The molecule has 4 heterocycles. The summed E-state index contributed by atoms with van der Waals surface area (Å²) in [6, 6.07) is 9.28. The van der Waals surface area contributed by atoms with E-state index in [1.54, 1.807) is 12.1 Å². The first kappa shape index (κ1) is 27.8. The van der Waals surface area contributed by atoms with E-state index in [4.69, 9.17) is 11.6 Å². The Hall–Kier alpha value is -4.76. The van der Waals surface area contributed by atoms with Crippen molar-refractivity contribution in [2.24, 2.45) is 0 Å². The lowest BCUT2D eigenvalue weighted by molar-refractivity contribution is -0.207. The van der Waals surface area contributed by atoms with Crippen molar-refractivity contribution in [3.05, 3.63) is 100 Å². The number of ketones is 1. The van der Waals surface area contributed by atoms with Gasteiger partial charge in [0, 0.05) is 29.2 Å². The lowest BCUT2D eigenvalue weighted by Crippen LogP contribution is -2.37. The molecular weight excluding hydrogens is 567 g/mol. The van der Waals surface area contributed by atoms with E-state index in [9.17, 15) is 27.9 Å². The fourth-order valence-corrected chi connectivity index (χ4v) is 4.00. The zero-order valence-electron chi connectivity index (χ0n) is 20.9. The number of halogens is 4. The van der Waals surface area contributed by atoms with Crippen LogP contribution in [0, 0.1) is 0 Å². The first-order valence-corrected chi connectivity index (χ1v) is 12.3. The van der Waals surface area contributed by atoms with Crippen LogP contribution in [0.4, 0.5) is 13.2 Å². The molecule has 0 unspecified atom stereocenters. The van der Waals surface area contributed by atoms with Gasteiger partial charge in [0.05, 0.1) is 30.5 Å². The van der Waals surface area contributed by atoms with Crippen molar-refractivity contribution in [1.29, 1.82) is 0 Å². The molecule has 210 valence electrons. The van der Waals surface area contributed by atoms with Gasteiger partial charge in [0.2, 0.25) is 0 Å². The second-order valence-corrected chi connectivity index (χ2v) is 9.14. The number of carbonyl (C=O) groups excluding carboxylic acids is 1. The van der Waals surface area contributed by atoms with E-state index in [2.05, 4.69) is 30.1 Å². The van der Waals surface area contributed by atoms with Crippen LogP contribution in [0.25, 0.3) is 17.1 Å². The van der Waals surface area contributed by atoms with Crippen molar-refractivity contribution in [3.8, 4) is 17.1 Å². The Morgan fingerprint density at radius 2 is 1.80 bits per heavy atom. The van der Waals surface area contributed by atoms with Gasteiger partial charge in [-0.2, -0.15) is 13.2 Å². The maximum Gasteiger partial charge on any atom is 0.416 e. The highest BCUT2D eigenvalue weighted by atomic mass is 35.5. The Morgan fingerprint density at radius 1 is 1.02 bits per heavy atom. The summed E-state index contributed by atoms with van der Waals surface area (Å²) >= 11 is 5.92. The van der Waals surface area contributed by atoms with E-state index in [1.165, 1.54) is 60.1 Å². The number of hydrogen-bond acceptors (Lipinski definition) is 9. The summed E-state index contributed by atoms with van der Waals surface area (Å²) in [5.74, 6) is -0.316. The van der Waals surface area contributed by atoms with Gasteiger partial charge in [0.25, 0.3) is 0 Å². The third-order valence-corrected chi connectivity index (χ3v) is 6.13. The number of aliphatic hydroxyl groups is 1. The van der Waals surface area contributed by atoms with Crippen LogP contribution in [-0.4, -0.2) is 67.2 Å². The molecule has 16 heteroatoms. The van der Waals surface area contributed by atoms with Crippen LogP contribution in [0.15, 0.2) is 72.3 Å². The summed E-state index contributed by atoms with van der Waals surface area (Å²) in [4.78, 5) is 42.1. The van der Waals surface area contributed by atoms with Crippen molar-refractivity contribution in [1.82, 2.24) is 44.1 Å². The summed E-state index contributed by atoms with van der Waals surface area (Å²) in [6.45, 7) is -1.36. The molecule has 0 fully saturated rings. The minimum Gasteiger partial charge on any atom is -0.382 e. The number of benzene rings is 1. The minimum absolute atomic E-state index is 0.0973. The predicted octanol–water partition coefficient (Wildman–Crippen LogP) is 2.53. The van der Waals surface area contributed by atoms with E-state index >= 15 is 0 Å². The molecule has 41 heavy (non-hydrogen) atoms. The standard InChI is InChI=1S/C25H19ClF3N9O3/c26-16-5-3-15(4-6-16)23-35-37(24(41)36(23)12-21(40)25(27,28)29)13-22-33-14-38(34-22)19-2-1-7-31-17(19)10-20(39)18-11-30-8-9-32-18/h1-9,11,14,21,40H,10,12-13H2/t21-/m0/s1. The average Bonchev–Trinajstić information content (AvgIpc) is 3.54. The van der Waals surface area contributed by atoms with Crippen LogP contribution in [0.1, 0.15) is 22.0 Å². The topological polar surface area (TPSA) is 146 Å². The fraction of sp³-hybridized carbons (Fsp3) is 0.200. The second kappa shape index (κ2) is 11.4. The molecule has 1 atom stereocenters. The fourth-order valence-electron chi connectivity index (χ4n) is 3.88. The molecule has 0 aliphatic carbocycles. The highest BCUT2D eigenvalue weighted by Crippen LogP contribution is 2.24. The monoisotopic (exact) mass is 585 g/mol. The molecule has 1 aromatic carbocycles. The zero-order chi connectivity index (χ0) is 29.1. The van der Waals surface area contributed by atoms with E-state index in [0.29, 0.717) is 22.0 Å². The first-order valence-electron chi connectivity index (χ1n) is 11.9. The highest BCUT2D eigenvalue weighted by Gasteiger charge is 2.39. The van der Waals surface area contributed by atoms with Crippen LogP contribution in [0.5, 0.6) is 0 Å². The molecule has 4 aromatic heterocycles. The van der Waals surface area contributed by atoms with Gasteiger partial charge in [-0.1, -0.05) is 11.6 Å². The van der Waals surface area contributed by atoms with Gasteiger partial charge in [0.1, 0.15) is 18.6 Å². The van der Waals surface area contributed by atoms with E-state index in [-0.39, 0.29) is 36.1 Å². The highest BCUT2D eigenvalue weighted by molar-refractivity contribution is 6.30. The molecule has 5 rings (SSSR count). The van der Waals surface area contributed by atoms with Crippen LogP contribution < -0.4 is 5.69 Å². The third kappa shape index (κ3) is 6.20. The first-order chi connectivity index (χ1) is 19.6. The number of aromatic nitrogens is 9. The smallest absolute Gasteiger partial charge is 0.382 e. The molecule has 0 aliphatic rings. The number of nitrogens with zero attached hydrogens (tertiary/aromatic N) is 9. The lowest BCUT2D eigenvalue weighted by Gasteiger charge is -2.15. The molecule has 1 N–H and O–H groups in total. The van der Waals surface area contributed by atoms with Gasteiger partial charge in [-0.05, 0) is 36.4 Å².